The van der Waals surface area contributed by atoms with Crippen LogP contribution in [0.15, 0.2) is 26.9 Å². The molecule has 5 heteroatoms. The molecule has 0 aromatic carbocycles. The number of hydrogen-bond acceptors (Lipinski definition) is 4. The van der Waals surface area contributed by atoms with Gasteiger partial charge in [0.15, 0.2) is 9.74 Å². The number of aromatic nitrogens is 2. The minimum Gasteiger partial charge on any atom is -0.472 e. The third kappa shape index (κ3) is 1.34. The van der Waals surface area contributed by atoms with Crippen LogP contribution in [0.25, 0.3) is 11.4 Å². The molecule has 0 radical (unpaired) electrons. The van der Waals surface area contributed by atoms with Crippen LogP contribution in [0.5, 0.6) is 0 Å². The molecule has 2 aromatic rings. The lowest BCUT2D eigenvalue weighted by molar-refractivity contribution is 0.568. The number of nitrogens with zero attached hydrogens (tertiary/aromatic N) is 2. The van der Waals surface area contributed by atoms with Crippen molar-refractivity contribution in [3.63, 3.8) is 0 Å². The van der Waals surface area contributed by atoms with Crippen LogP contribution in [0.2, 0.25) is 0 Å². The van der Waals surface area contributed by atoms with Crippen LogP contribution in [0.3, 0.4) is 0 Å². The quantitative estimate of drug-likeness (QED) is 0.756. The van der Waals surface area contributed by atoms with Gasteiger partial charge >= 0.3 is 0 Å². The van der Waals surface area contributed by atoms with E-state index < -0.39 is 0 Å². The molecule has 3 nitrogen and oxygen atoms in total. The summed E-state index contributed by atoms with van der Waals surface area (Å²) in [5.41, 5.74) is 0.909. The summed E-state index contributed by atoms with van der Waals surface area (Å²) in [5.74, 6) is 0.704. The number of furan rings is 1. The average Bonchev–Trinajstić information content (AvgIpc) is 2.55. The first kappa shape index (κ1) is 7.00. The van der Waals surface area contributed by atoms with Crippen LogP contribution in [0.4, 0.5) is 0 Å². The van der Waals surface area contributed by atoms with Gasteiger partial charge in [0, 0.05) is 0 Å². The van der Waals surface area contributed by atoms with E-state index in [9.17, 15) is 0 Å². The lowest BCUT2D eigenvalue weighted by atomic mass is 10.3. The molecule has 2 aromatic heterocycles. The van der Waals surface area contributed by atoms with Gasteiger partial charge in [0.05, 0.1) is 11.8 Å². The molecule has 0 saturated heterocycles. The molecule has 2 rings (SSSR count). The number of rotatable bonds is 1. The largest absolute Gasteiger partial charge is 0.472 e. The maximum Gasteiger partial charge on any atom is 0.179 e. The second-order valence-electron chi connectivity index (χ2n) is 1.88. The van der Waals surface area contributed by atoms with Crippen LogP contribution in [-0.4, -0.2) is 9.36 Å². The smallest absolute Gasteiger partial charge is 0.179 e. The topological polar surface area (TPSA) is 38.9 Å². The molecular formula is C6H3BrN2OS. The summed E-state index contributed by atoms with van der Waals surface area (Å²) in [4.78, 5) is 4.12. The Labute approximate surface area is 75.4 Å². The summed E-state index contributed by atoms with van der Waals surface area (Å²) in [7, 11) is 0. The fourth-order valence-corrected chi connectivity index (χ4v) is 1.53. The van der Waals surface area contributed by atoms with Gasteiger partial charge in [-0.2, -0.15) is 4.37 Å². The Morgan fingerprint density at radius 3 is 3.00 bits per heavy atom. The Morgan fingerprint density at radius 1 is 1.55 bits per heavy atom. The maximum atomic E-state index is 4.89. The van der Waals surface area contributed by atoms with E-state index in [0.29, 0.717) is 5.82 Å². The summed E-state index contributed by atoms with van der Waals surface area (Å²) in [6.07, 6.45) is 3.22. The van der Waals surface area contributed by atoms with Crippen molar-refractivity contribution < 1.29 is 4.42 Å². The first-order valence-electron chi connectivity index (χ1n) is 2.88. The third-order valence-electron chi connectivity index (χ3n) is 1.18. The molecule has 0 N–H and O–H groups in total. The molecular weight excluding hydrogens is 228 g/mol. The Morgan fingerprint density at radius 2 is 2.45 bits per heavy atom. The highest BCUT2D eigenvalue weighted by molar-refractivity contribution is 9.11. The molecule has 0 bridgehead atoms. The van der Waals surface area contributed by atoms with Crippen LogP contribution < -0.4 is 0 Å². The zero-order chi connectivity index (χ0) is 7.68. The van der Waals surface area contributed by atoms with E-state index >= 15 is 0 Å². The normalized spacial score (nSPS) is 10.3. The summed E-state index contributed by atoms with van der Waals surface area (Å²) < 4.78 is 9.76. The predicted molar refractivity (Wildman–Crippen MR) is 45.3 cm³/mol. The second kappa shape index (κ2) is 2.75. The molecule has 11 heavy (non-hydrogen) atoms. The monoisotopic (exact) mass is 230 g/mol. The highest BCUT2D eigenvalue weighted by Crippen LogP contribution is 2.20. The van der Waals surface area contributed by atoms with E-state index in [2.05, 4.69) is 25.3 Å². The second-order valence-corrected chi connectivity index (χ2v) is 3.91. The summed E-state index contributed by atoms with van der Waals surface area (Å²) in [6, 6.07) is 1.83. The van der Waals surface area contributed by atoms with Gasteiger partial charge in [0.2, 0.25) is 0 Å². The standard InChI is InChI=1S/C6H3BrN2OS/c7-6-8-5(9-11-6)4-1-2-10-3-4/h1-3H. The Kier molecular flexibility index (Phi) is 1.75. The van der Waals surface area contributed by atoms with E-state index in [0.717, 1.165) is 9.48 Å². The van der Waals surface area contributed by atoms with Crippen molar-refractivity contribution in [2.45, 2.75) is 0 Å². The fourth-order valence-electron chi connectivity index (χ4n) is 0.714. The van der Waals surface area contributed by atoms with Crippen LogP contribution in [-0.2, 0) is 0 Å². The average molecular weight is 231 g/mol. The van der Waals surface area contributed by atoms with Gasteiger partial charge in [-0.25, -0.2) is 4.98 Å². The van der Waals surface area contributed by atoms with Crippen molar-refractivity contribution in [1.29, 1.82) is 0 Å². The molecule has 0 saturated carbocycles. The molecule has 0 unspecified atom stereocenters. The van der Waals surface area contributed by atoms with Crippen molar-refractivity contribution in [3.05, 3.63) is 22.5 Å². The predicted octanol–water partition coefficient (Wildman–Crippen LogP) is 2.56. The molecule has 0 aliphatic heterocycles. The maximum absolute atomic E-state index is 4.89. The minimum atomic E-state index is 0.704. The van der Waals surface area contributed by atoms with Gasteiger partial charge < -0.3 is 4.42 Å². The van der Waals surface area contributed by atoms with Crippen molar-refractivity contribution >= 4 is 27.5 Å². The van der Waals surface area contributed by atoms with Crippen molar-refractivity contribution in [2.24, 2.45) is 0 Å². The van der Waals surface area contributed by atoms with Crippen LogP contribution >= 0.6 is 27.5 Å². The summed E-state index contributed by atoms with van der Waals surface area (Å²) in [6.45, 7) is 0. The SMILES string of the molecule is Brc1nc(-c2ccoc2)ns1. The van der Waals surface area contributed by atoms with E-state index in [-0.39, 0.29) is 0 Å². The molecule has 0 amide bonds. The van der Waals surface area contributed by atoms with Crippen molar-refractivity contribution in [3.8, 4) is 11.4 Å². The van der Waals surface area contributed by atoms with E-state index in [4.69, 9.17) is 4.42 Å². The zero-order valence-corrected chi connectivity index (χ0v) is 7.72. The van der Waals surface area contributed by atoms with Gasteiger partial charge in [-0.1, -0.05) is 0 Å². The first-order valence-corrected chi connectivity index (χ1v) is 4.44. The lowest BCUT2D eigenvalue weighted by Crippen LogP contribution is -1.73. The molecule has 0 atom stereocenters. The third-order valence-corrected chi connectivity index (χ3v) is 2.30. The fraction of sp³-hybridized carbons (Fsp3) is 0. The number of halogens is 1. The van der Waals surface area contributed by atoms with Crippen LogP contribution in [0, 0.1) is 0 Å². The van der Waals surface area contributed by atoms with E-state index in [1.54, 1.807) is 12.5 Å². The first-order chi connectivity index (χ1) is 5.36. The Balaban J connectivity index is 2.45. The van der Waals surface area contributed by atoms with E-state index in [1.807, 2.05) is 6.07 Å². The van der Waals surface area contributed by atoms with Crippen molar-refractivity contribution in [1.82, 2.24) is 9.36 Å². The van der Waals surface area contributed by atoms with Gasteiger partial charge in [0.1, 0.15) is 6.26 Å². The number of hydrogen-bond donors (Lipinski definition) is 0. The van der Waals surface area contributed by atoms with E-state index in [1.165, 1.54) is 11.5 Å². The van der Waals surface area contributed by atoms with Crippen molar-refractivity contribution in [2.75, 3.05) is 0 Å². The molecule has 0 aliphatic rings. The summed E-state index contributed by atoms with van der Waals surface area (Å²) >= 11 is 4.55. The lowest BCUT2D eigenvalue weighted by Gasteiger charge is -1.81. The molecule has 56 valence electrons. The van der Waals surface area contributed by atoms with Gasteiger partial charge in [0.25, 0.3) is 0 Å². The highest BCUT2D eigenvalue weighted by atomic mass is 79.9. The molecule has 0 fully saturated rings. The molecule has 0 aliphatic carbocycles. The highest BCUT2D eigenvalue weighted by Gasteiger charge is 2.04. The van der Waals surface area contributed by atoms with Gasteiger partial charge in [-0.15, -0.1) is 0 Å². The Bertz CT molecular complexity index is 343. The molecule has 2 heterocycles. The minimum absolute atomic E-state index is 0.704. The zero-order valence-electron chi connectivity index (χ0n) is 5.32. The van der Waals surface area contributed by atoms with Gasteiger partial charge in [-0.3, -0.25) is 0 Å². The Hall–Kier alpha value is -0.680. The van der Waals surface area contributed by atoms with Crippen LogP contribution in [0.1, 0.15) is 0 Å². The molecule has 0 spiro atoms. The van der Waals surface area contributed by atoms with Gasteiger partial charge in [-0.05, 0) is 33.5 Å². The summed E-state index contributed by atoms with van der Waals surface area (Å²) in [5, 5.41) is 0.